The van der Waals surface area contributed by atoms with E-state index in [1.54, 1.807) is 30.3 Å². The van der Waals surface area contributed by atoms with Gasteiger partial charge in [0.15, 0.2) is 11.6 Å². The predicted octanol–water partition coefficient (Wildman–Crippen LogP) is 4.64. The van der Waals surface area contributed by atoms with E-state index in [1.165, 1.54) is 0 Å². The fraction of sp³-hybridized carbons (Fsp3) is 0. The smallest absolute Gasteiger partial charge is 0.196 e. The van der Waals surface area contributed by atoms with Crippen LogP contribution in [0, 0.1) is 0 Å². The van der Waals surface area contributed by atoms with Crippen molar-refractivity contribution in [3.8, 4) is 0 Å². The van der Waals surface area contributed by atoms with E-state index >= 15 is 0 Å². The number of carbonyl (C=O) groups is 2. The molecule has 0 bridgehead atoms. The number of halogens is 3. The lowest BCUT2D eigenvalue weighted by Gasteiger charge is -2.19. The molecule has 0 amide bonds. The normalized spacial score (nSPS) is 13.2. The summed E-state index contributed by atoms with van der Waals surface area (Å²) < 4.78 is 1.23. The van der Waals surface area contributed by atoms with Crippen molar-refractivity contribution < 1.29 is 9.59 Å². The van der Waals surface area contributed by atoms with Crippen molar-refractivity contribution in [1.29, 1.82) is 0 Å². The summed E-state index contributed by atoms with van der Waals surface area (Å²) in [5.41, 5.74) is 1.42. The summed E-state index contributed by atoms with van der Waals surface area (Å²) in [5.74, 6) is -0.399. The summed E-state index contributed by atoms with van der Waals surface area (Å²) in [4.78, 5) is 24.9. The third-order valence-electron chi connectivity index (χ3n) is 3.05. The summed E-state index contributed by atoms with van der Waals surface area (Å²) in [5, 5.41) is 0.261. The average Bonchev–Trinajstić information content (AvgIpc) is 2.42. The topological polar surface area (TPSA) is 34.1 Å². The molecule has 2 aromatic carbocycles. The number of fused-ring (bicyclic) bond motifs is 2. The summed E-state index contributed by atoms with van der Waals surface area (Å²) in [6.07, 6.45) is 0. The van der Waals surface area contributed by atoms with Gasteiger partial charge in [0.2, 0.25) is 0 Å². The van der Waals surface area contributed by atoms with Gasteiger partial charge < -0.3 is 0 Å². The zero-order valence-electron chi connectivity index (χ0n) is 9.34. The fourth-order valence-electron chi connectivity index (χ4n) is 2.16. The largest absolute Gasteiger partial charge is 0.289 e. The number of ketones is 2. The summed E-state index contributed by atoms with van der Waals surface area (Å²) in [6.45, 7) is 0. The number of hydrogen-bond donors (Lipinski definition) is 0. The molecule has 2 aromatic rings. The Morgan fingerprint density at radius 2 is 1.47 bits per heavy atom. The second-order valence-corrected chi connectivity index (χ2v) is 6.14. The fourth-order valence-corrected chi connectivity index (χ4v) is 3.30. The highest BCUT2D eigenvalue weighted by molar-refractivity contribution is 9.13. The molecule has 0 saturated heterocycles. The maximum absolute atomic E-state index is 12.5. The van der Waals surface area contributed by atoms with Gasteiger partial charge in [-0.3, -0.25) is 9.59 Å². The molecule has 1 aliphatic rings. The molecule has 0 atom stereocenters. The van der Waals surface area contributed by atoms with E-state index in [2.05, 4.69) is 31.9 Å². The van der Waals surface area contributed by atoms with Crippen LogP contribution in [-0.4, -0.2) is 11.6 Å². The van der Waals surface area contributed by atoms with Crippen molar-refractivity contribution in [1.82, 2.24) is 0 Å². The Hall–Kier alpha value is -0.970. The van der Waals surface area contributed by atoms with Gasteiger partial charge in [-0.25, -0.2) is 0 Å². The minimum Gasteiger partial charge on any atom is -0.289 e. The Morgan fingerprint density at radius 3 is 2.11 bits per heavy atom. The highest BCUT2D eigenvalue weighted by Gasteiger charge is 2.32. The maximum Gasteiger partial charge on any atom is 0.196 e. The Morgan fingerprint density at radius 1 is 0.895 bits per heavy atom. The van der Waals surface area contributed by atoms with E-state index in [0.717, 1.165) is 0 Å². The Kier molecular flexibility index (Phi) is 3.12. The first-order valence-electron chi connectivity index (χ1n) is 5.38. The number of carbonyl (C=O) groups excluding carboxylic acids is 2. The van der Waals surface area contributed by atoms with Crippen LogP contribution >= 0.6 is 43.5 Å². The van der Waals surface area contributed by atoms with Crippen LogP contribution in [0.1, 0.15) is 31.8 Å². The van der Waals surface area contributed by atoms with E-state index in [0.29, 0.717) is 25.6 Å². The van der Waals surface area contributed by atoms with E-state index in [-0.39, 0.29) is 22.2 Å². The van der Waals surface area contributed by atoms with Crippen LogP contribution in [0.4, 0.5) is 0 Å². The summed E-state index contributed by atoms with van der Waals surface area (Å²) in [7, 11) is 0. The van der Waals surface area contributed by atoms with Crippen LogP contribution in [0.5, 0.6) is 0 Å². The van der Waals surface area contributed by atoms with Crippen LogP contribution in [0.25, 0.3) is 0 Å². The SMILES string of the molecule is O=C1c2ccccc2C(=O)c2c1cc(Br)c(Br)c2Cl. The van der Waals surface area contributed by atoms with E-state index in [1.807, 2.05) is 0 Å². The second kappa shape index (κ2) is 4.54. The molecule has 0 spiro atoms. The molecule has 0 N–H and O–H groups in total. The van der Waals surface area contributed by atoms with Gasteiger partial charge in [-0.1, -0.05) is 35.9 Å². The first kappa shape index (κ1) is 13.0. The molecule has 94 valence electrons. The molecule has 0 aliphatic heterocycles. The van der Waals surface area contributed by atoms with Crippen LogP contribution < -0.4 is 0 Å². The first-order valence-corrected chi connectivity index (χ1v) is 7.34. The summed E-state index contributed by atoms with van der Waals surface area (Å²) >= 11 is 12.8. The molecule has 0 radical (unpaired) electrons. The Balaban J connectivity index is 2.40. The lowest BCUT2D eigenvalue weighted by molar-refractivity contribution is 0.0979. The van der Waals surface area contributed by atoms with Gasteiger partial charge >= 0.3 is 0 Å². The van der Waals surface area contributed by atoms with E-state index in [4.69, 9.17) is 11.6 Å². The minimum absolute atomic E-state index is 0.180. The molecule has 19 heavy (non-hydrogen) atoms. The van der Waals surface area contributed by atoms with Gasteiger partial charge in [-0.2, -0.15) is 0 Å². The third-order valence-corrected chi connectivity index (χ3v) is 5.64. The van der Waals surface area contributed by atoms with E-state index in [9.17, 15) is 9.59 Å². The standard InChI is InChI=1S/C14H5Br2ClO2/c15-9-5-8-10(12(17)11(9)16)14(19)7-4-2-1-3-6(7)13(8)18/h1-5H. The van der Waals surface area contributed by atoms with E-state index < -0.39 is 0 Å². The summed E-state index contributed by atoms with van der Waals surface area (Å²) in [6, 6.07) is 8.40. The van der Waals surface area contributed by atoms with Gasteiger partial charge in [0.05, 0.1) is 15.1 Å². The van der Waals surface area contributed by atoms with Gasteiger partial charge in [0.1, 0.15) is 0 Å². The molecule has 0 aromatic heterocycles. The number of hydrogen-bond acceptors (Lipinski definition) is 2. The number of rotatable bonds is 0. The van der Waals surface area contributed by atoms with Crippen LogP contribution in [0.15, 0.2) is 39.3 Å². The maximum atomic E-state index is 12.5. The molecule has 2 nitrogen and oxygen atoms in total. The lowest BCUT2D eigenvalue weighted by Crippen LogP contribution is -2.21. The van der Waals surface area contributed by atoms with Crippen molar-refractivity contribution in [3.63, 3.8) is 0 Å². The molecular weight excluding hydrogens is 395 g/mol. The van der Waals surface area contributed by atoms with Gasteiger partial charge in [-0.05, 0) is 37.9 Å². The molecule has 5 heteroatoms. The average molecular weight is 400 g/mol. The zero-order valence-corrected chi connectivity index (χ0v) is 13.3. The van der Waals surface area contributed by atoms with Crippen molar-refractivity contribution in [2.24, 2.45) is 0 Å². The highest BCUT2D eigenvalue weighted by Crippen LogP contribution is 2.40. The first-order chi connectivity index (χ1) is 9.02. The Bertz CT molecular complexity index is 753. The predicted molar refractivity (Wildman–Crippen MR) is 80.2 cm³/mol. The zero-order chi connectivity index (χ0) is 13.7. The van der Waals surface area contributed by atoms with Gasteiger partial charge in [-0.15, -0.1) is 0 Å². The van der Waals surface area contributed by atoms with Crippen molar-refractivity contribution in [2.75, 3.05) is 0 Å². The molecule has 0 unspecified atom stereocenters. The lowest BCUT2D eigenvalue weighted by atomic mass is 9.84. The molecule has 0 saturated carbocycles. The van der Waals surface area contributed by atoms with Crippen LogP contribution in [0.3, 0.4) is 0 Å². The monoisotopic (exact) mass is 398 g/mol. The molecular formula is C14H5Br2ClO2. The highest BCUT2D eigenvalue weighted by atomic mass is 79.9. The Labute approximate surface area is 131 Å². The second-order valence-electron chi connectivity index (χ2n) is 4.11. The van der Waals surface area contributed by atoms with Crippen molar-refractivity contribution >= 4 is 55.0 Å². The van der Waals surface area contributed by atoms with Crippen LogP contribution in [-0.2, 0) is 0 Å². The molecule has 0 fully saturated rings. The third kappa shape index (κ3) is 1.82. The van der Waals surface area contributed by atoms with Crippen LogP contribution in [0.2, 0.25) is 5.02 Å². The molecule has 3 rings (SSSR count). The van der Waals surface area contributed by atoms with Gasteiger partial charge in [0.25, 0.3) is 0 Å². The van der Waals surface area contributed by atoms with Crippen molar-refractivity contribution in [3.05, 3.63) is 66.6 Å². The quantitative estimate of drug-likeness (QED) is 0.515. The molecule has 1 aliphatic carbocycles. The molecule has 0 heterocycles. The minimum atomic E-state index is -0.219. The van der Waals surface area contributed by atoms with Gasteiger partial charge in [0, 0.05) is 21.2 Å². The van der Waals surface area contributed by atoms with Crippen molar-refractivity contribution in [2.45, 2.75) is 0 Å². The number of benzene rings is 2.